The predicted octanol–water partition coefficient (Wildman–Crippen LogP) is 3.12. The molecule has 0 heterocycles. The lowest BCUT2D eigenvalue weighted by molar-refractivity contribution is 0.415. The standard InChI is InChI=1S/C13H22N2O/c1-9(2)7-10(3)15-13-6-5-11(16-4)8-12(13)14/h5-6,8-10,15H,7,14H2,1-4H3. The molecule has 16 heavy (non-hydrogen) atoms. The molecule has 0 bridgehead atoms. The van der Waals surface area contributed by atoms with Crippen LogP contribution < -0.4 is 15.8 Å². The van der Waals surface area contributed by atoms with Crippen LogP contribution in [0.3, 0.4) is 0 Å². The van der Waals surface area contributed by atoms with Crippen molar-refractivity contribution in [2.75, 3.05) is 18.2 Å². The van der Waals surface area contributed by atoms with Gasteiger partial charge in [0.15, 0.2) is 0 Å². The number of nitrogens with one attached hydrogen (secondary N) is 1. The molecule has 0 aromatic heterocycles. The summed E-state index contributed by atoms with van der Waals surface area (Å²) >= 11 is 0. The number of benzene rings is 1. The summed E-state index contributed by atoms with van der Waals surface area (Å²) in [6.45, 7) is 6.61. The first-order chi connectivity index (χ1) is 7.52. The van der Waals surface area contributed by atoms with Gasteiger partial charge in [-0.15, -0.1) is 0 Å². The Morgan fingerprint density at radius 3 is 2.50 bits per heavy atom. The van der Waals surface area contributed by atoms with Crippen molar-refractivity contribution in [1.29, 1.82) is 0 Å². The Kier molecular flexibility index (Phi) is 4.47. The topological polar surface area (TPSA) is 47.3 Å². The third kappa shape index (κ3) is 3.65. The highest BCUT2D eigenvalue weighted by Gasteiger charge is 2.07. The molecule has 1 aromatic rings. The van der Waals surface area contributed by atoms with Gasteiger partial charge in [0.25, 0.3) is 0 Å². The summed E-state index contributed by atoms with van der Waals surface area (Å²) in [5, 5.41) is 3.41. The van der Waals surface area contributed by atoms with Crippen molar-refractivity contribution in [2.45, 2.75) is 33.2 Å². The SMILES string of the molecule is COc1ccc(NC(C)CC(C)C)c(N)c1. The minimum absolute atomic E-state index is 0.427. The first kappa shape index (κ1) is 12.7. The maximum absolute atomic E-state index is 5.93. The quantitative estimate of drug-likeness (QED) is 0.752. The van der Waals surface area contributed by atoms with Gasteiger partial charge in [-0.25, -0.2) is 0 Å². The summed E-state index contributed by atoms with van der Waals surface area (Å²) in [6, 6.07) is 6.15. The maximum Gasteiger partial charge on any atom is 0.121 e. The second-order valence-electron chi connectivity index (χ2n) is 4.63. The van der Waals surface area contributed by atoms with Crippen LogP contribution in [-0.2, 0) is 0 Å². The summed E-state index contributed by atoms with van der Waals surface area (Å²) < 4.78 is 5.11. The zero-order valence-corrected chi connectivity index (χ0v) is 10.6. The van der Waals surface area contributed by atoms with Crippen molar-refractivity contribution in [1.82, 2.24) is 0 Å². The highest BCUT2D eigenvalue weighted by Crippen LogP contribution is 2.25. The van der Waals surface area contributed by atoms with E-state index in [1.54, 1.807) is 7.11 Å². The van der Waals surface area contributed by atoms with Crippen LogP contribution in [-0.4, -0.2) is 13.2 Å². The molecule has 0 aliphatic rings. The Labute approximate surface area is 98.0 Å². The van der Waals surface area contributed by atoms with Crippen LogP contribution in [0.2, 0.25) is 0 Å². The van der Waals surface area contributed by atoms with Crippen molar-refractivity contribution in [3.05, 3.63) is 18.2 Å². The normalized spacial score (nSPS) is 12.6. The van der Waals surface area contributed by atoms with Crippen LogP contribution in [0, 0.1) is 5.92 Å². The van der Waals surface area contributed by atoms with Crippen molar-refractivity contribution in [3.63, 3.8) is 0 Å². The number of nitrogens with two attached hydrogens (primary N) is 1. The Morgan fingerprint density at radius 2 is 2.00 bits per heavy atom. The molecule has 90 valence electrons. The molecule has 3 N–H and O–H groups in total. The number of anilines is 2. The van der Waals surface area contributed by atoms with E-state index in [0.29, 0.717) is 12.0 Å². The van der Waals surface area contributed by atoms with E-state index in [1.807, 2.05) is 18.2 Å². The molecule has 0 saturated heterocycles. The first-order valence-corrected chi connectivity index (χ1v) is 5.73. The number of ether oxygens (including phenoxy) is 1. The van der Waals surface area contributed by atoms with Crippen LogP contribution in [0.4, 0.5) is 11.4 Å². The maximum atomic E-state index is 5.93. The third-order valence-electron chi connectivity index (χ3n) is 2.49. The molecule has 0 spiro atoms. The highest BCUT2D eigenvalue weighted by molar-refractivity contribution is 5.68. The van der Waals surface area contributed by atoms with E-state index < -0.39 is 0 Å². The predicted molar refractivity (Wildman–Crippen MR) is 69.9 cm³/mol. The summed E-state index contributed by atoms with van der Waals surface area (Å²) in [4.78, 5) is 0. The van der Waals surface area contributed by atoms with E-state index in [2.05, 4.69) is 26.1 Å². The Balaban J connectivity index is 2.66. The van der Waals surface area contributed by atoms with E-state index in [1.165, 1.54) is 0 Å². The van der Waals surface area contributed by atoms with Gasteiger partial charge in [-0.05, 0) is 31.4 Å². The van der Waals surface area contributed by atoms with Gasteiger partial charge < -0.3 is 15.8 Å². The van der Waals surface area contributed by atoms with Gasteiger partial charge in [0.2, 0.25) is 0 Å². The molecule has 1 aromatic carbocycles. The average molecular weight is 222 g/mol. The minimum Gasteiger partial charge on any atom is -0.497 e. The summed E-state index contributed by atoms with van der Waals surface area (Å²) in [7, 11) is 1.64. The van der Waals surface area contributed by atoms with Gasteiger partial charge in [0, 0.05) is 12.1 Å². The lowest BCUT2D eigenvalue weighted by atomic mass is 10.0. The largest absolute Gasteiger partial charge is 0.497 e. The lowest BCUT2D eigenvalue weighted by Gasteiger charge is -2.18. The van der Waals surface area contributed by atoms with Gasteiger partial charge >= 0.3 is 0 Å². The molecule has 0 radical (unpaired) electrons. The Morgan fingerprint density at radius 1 is 1.31 bits per heavy atom. The molecule has 1 rings (SSSR count). The molecule has 3 nitrogen and oxygen atoms in total. The molecule has 1 unspecified atom stereocenters. The molecule has 3 heteroatoms. The fourth-order valence-corrected chi connectivity index (χ4v) is 1.83. The number of hydrogen-bond donors (Lipinski definition) is 2. The van der Waals surface area contributed by atoms with Crippen LogP contribution in [0.15, 0.2) is 18.2 Å². The fourth-order valence-electron chi connectivity index (χ4n) is 1.83. The van der Waals surface area contributed by atoms with Gasteiger partial charge in [-0.3, -0.25) is 0 Å². The van der Waals surface area contributed by atoms with Crippen molar-refractivity contribution >= 4 is 11.4 Å². The summed E-state index contributed by atoms with van der Waals surface area (Å²) in [6.07, 6.45) is 1.13. The zero-order valence-electron chi connectivity index (χ0n) is 10.6. The zero-order chi connectivity index (χ0) is 12.1. The summed E-state index contributed by atoms with van der Waals surface area (Å²) in [5.74, 6) is 1.47. The molecule has 0 aliphatic carbocycles. The van der Waals surface area contributed by atoms with Gasteiger partial charge in [-0.2, -0.15) is 0 Å². The van der Waals surface area contributed by atoms with Crippen molar-refractivity contribution in [3.8, 4) is 5.75 Å². The van der Waals surface area contributed by atoms with Crippen LogP contribution in [0.5, 0.6) is 5.75 Å². The van der Waals surface area contributed by atoms with Crippen molar-refractivity contribution < 1.29 is 4.74 Å². The van der Waals surface area contributed by atoms with Crippen molar-refractivity contribution in [2.24, 2.45) is 5.92 Å². The first-order valence-electron chi connectivity index (χ1n) is 5.73. The number of hydrogen-bond acceptors (Lipinski definition) is 3. The van der Waals surface area contributed by atoms with E-state index in [-0.39, 0.29) is 0 Å². The molecular weight excluding hydrogens is 200 g/mol. The minimum atomic E-state index is 0.427. The summed E-state index contributed by atoms with van der Waals surface area (Å²) in [5.41, 5.74) is 7.65. The van der Waals surface area contributed by atoms with Crippen LogP contribution in [0.1, 0.15) is 27.2 Å². The monoisotopic (exact) mass is 222 g/mol. The molecule has 0 aliphatic heterocycles. The van der Waals surface area contributed by atoms with E-state index in [0.717, 1.165) is 23.5 Å². The Bertz CT molecular complexity index is 337. The second kappa shape index (κ2) is 5.64. The molecular formula is C13H22N2O. The molecule has 0 amide bonds. The lowest BCUT2D eigenvalue weighted by Crippen LogP contribution is -2.18. The van der Waals surface area contributed by atoms with Gasteiger partial charge in [-0.1, -0.05) is 13.8 Å². The Hall–Kier alpha value is -1.38. The third-order valence-corrected chi connectivity index (χ3v) is 2.49. The molecule has 0 saturated carbocycles. The molecule has 1 atom stereocenters. The molecule has 0 fully saturated rings. The average Bonchev–Trinajstić information content (AvgIpc) is 2.19. The van der Waals surface area contributed by atoms with Gasteiger partial charge in [0.1, 0.15) is 5.75 Å². The highest BCUT2D eigenvalue weighted by atomic mass is 16.5. The van der Waals surface area contributed by atoms with E-state index in [9.17, 15) is 0 Å². The number of nitrogen functional groups attached to an aromatic ring is 1. The van der Waals surface area contributed by atoms with Crippen LogP contribution >= 0.6 is 0 Å². The van der Waals surface area contributed by atoms with E-state index in [4.69, 9.17) is 10.5 Å². The smallest absolute Gasteiger partial charge is 0.121 e. The number of rotatable bonds is 5. The fraction of sp³-hybridized carbons (Fsp3) is 0.538. The number of methoxy groups -OCH3 is 1. The van der Waals surface area contributed by atoms with Crippen LogP contribution in [0.25, 0.3) is 0 Å². The van der Waals surface area contributed by atoms with E-state index >= 15 is 0 Å². The van der Waals surface area contributed by atoms with Gasteiger partial charge in [0.05, 0.1) is 18.5 Å². The second-order valence-corrected chi connectivity index (χ2v) is 4.63.